The van der Waals surface area contributed by atoms with Crippen molar-refractivity contribution in [1.82, 2.24) is 19.7 Å². The summed E-state index contributed by atoms with van der Waals surface area (Å²) < 4.78 is 7.47. The lowest BCUT2D eigenvalue weighted by Gasteiger charge is -2.23. The molecule has 0 bridgehead atoms. The molecule has 0 fully saturated rings. The molecule has 0 amide bonds. The minimum atomic E-state index is 0.828. The highest BCUT2D eigenvalue weighted by Gasteiger charge is 2.21. The van der Waals surface area contributed by atoms with E-state index in [1.807, 2.05) is 47.5 Å². The number of nitrogens with zero attached hydrogens (tertiary/aromatic N) is 5. The first-order chi connectivity index (χ1) is 11.9. The molecule has 0 saturated carbocycles. The van der Waals surface area contributed by atoms with Gasteiger partial charge in [-0.15, -0.1) is 0 Å². The van der Waals surface area contributed by atoms with Crippen molar-refractivity contribution in [1.29, 1.82) is 0 Å². The molecule has 0 radical (unpaired) electrons. The Morgan fingerprint density at radius 2 is 2.04 bits per heavy atom. The van der Waals surface area contributed by atoms with Gasteiger partial charge in [0.25, 0.3) is 0 Å². The molecule has 0 spiro atoms. The van der Waals surface area contributed by atoms with E-state index in [9.17, 15) is 0 Å². The van der Waals surface area contributed by atoms with Crippen LogP contribution in [-0.4, -0.2) is 39.3 Å². The van der Waals surface area contributed by atoms with E-state index < -0.39 is 0 Å². The number of pyridine rings is 1. The number of hydrogen-bond acceptors (Lipinski definition) is 5. The molecule has 0 aromatic carbocycles. The Morgan fingerprint density at radius 1 is 1.04 bits per heavy atom. The van der Waals surface area contributed by atoms with E-state index in [0.29, 0.717) is 0 Å². The molecule has 3 aromatic heterocycles. The number of fused-ring (bicyclic) bond motifs is 1. The number of furan rings is 1. The summed E-state index contributed by atoms with van der Waals surface area (Å²) in [5, 5.41) is 4.29. The molecule has 4 rings (SSSR count). The van der Waals surface area contributed by atoms with Gasteiger partial charge in [-0.25, -0.2) is 4.98 Å². The number of rotatable bonds is 5. The predicted molar refractivity (Wildman–Crippen MR) is 91.5 cm³/mol. The highest BCUT2D eigenvalue weighted by Crippen LogP contribution is 2.23. The Morgan fingerprint density at radius 3 is 2.88 bits per heavy atom. The fourth-order valence-electron chi connectivity index (χ4n) is 3.16. The third-order valence-corrected chi connectivity index (χ3v) is 4.36. The second-order valence-corrected chi connectivity index (χ2v) is 6.03. The van der Waals surface area contributed by atoms with Crippen LogP contribution in [0.5, 0.6) is 0 Å². The highest BCUT2D eigenvalue weighted by atomic mass is 16.3. The van der Waals surface area contributed by atoms with Crippen LogP contribution in [0, 0.1) is 0 Å². The summed E-state index contributed by atoms with van der Waals surface area (Å²) in [5.74, 6) is 2.09. The van der Waals surface area contributed by atoms with Gasteiger partial charge >= 0.3 is 0 Å². The van der Waals surface area contributed by atoms with Crippen LogP contribution < -0.4 is 4.90 Å². The minimum Gasteiger partial charge on any atom is -0.468 e. The maximum Gasteiger partial charge on any atom is 0.133 e. The molecule has 0 N–H and O–H groups in total. The predicted octanol–water partition coefficient (Wildman–Crippen LogP) is 2.39. The van der Waals surface area contributed by atoms with Crippen LogP contribution in [-0.2, 0) is 19.6 Å². The van der Waals surface area contributed by atoms with Crippen molar-refractivity contribution in [2.45, 2.75) is 19.6 Å². The largest absolute Gasteiger partial charge is 0.468 e. The van der Waals surface area contributed by atoms with Gasteiger partial charge in [0.1, 0.15) is 11.6 Å². The van der Waals surface area contributed by atoms with Crippen molar-refractivity contribution in [2.24, 2.45) is 0 Å². The lowest BCUT2D eigenvalue weighted by molar-refractivity contribution is 0.245. The standard InChI is InChI=1S/C18H21N5O/c1-4-16-14-21(15-17-5-2-13-24-17)9-10-22(18(16)19-6-1)11-12-23-8-3-7-20-23/h1-8,13H,9-12,14-15H2. The maximum atomic E-state index is 5.51. The molecule has 1 aliphatic rings. The quantitative estimate of drug-likeness (QED) is 0.721. The van der Waals surface area contributed by atoms with Gasteiger partial charge in [0.15, 0.2) is 0 Å². The molecule has 6 nitrogen and oxygen atoms in total. The van der Waals surface area contributed by atoms with Gasteiger partial charge in [-0.1, -0.05) is 6.07 Å². The fraction of sp³-hybridized carbons (Fsp3) is 0.333. The molecule has 0 saturated heterocycles. The van der Waals surface area contributed by atoms with Crippen LogP contribution in [0.1, 0.15) is 11.3 Å². The third kappa shape index (κ3) is 3.33. The second-order valence-electron chi connectivity index (χ2n) is 6.03. The van der Waals surface area contributed by atoms with Gasteiger partial charge in [0, 0.05) is 50.3 Å². The first kappa shape index (κ1) is 15.0. The van der Waals surface area contributed by atoms with Crippen LogP contribution in [0.15, 0.2) is 59.6 Å². The zero-order chi connectivity index (χ0) is 16.2. The molecule has 4 heterocycles. The molecular weight excluding hydrogens is 302 g/mol. The van der Waals surface area contributed by atoms with Crippen molar-refractivity contribution >= 4 is 5.82 Å². The SMILES string of the molecule is c1coc(CN2CCN(CCn3cccn3)c3ncccc3C2)c1. The van der Waals surface area contributed by atoms with E-state index in [-0.39, 0.29) is 0 Å². The first-order valence-corrected chi connectivity index (χ1v) is 8.29. The van der Waals surface area contributed by atoms with E-state index in [1.165, 1.54) is 5.56 Å². The Bertz CT molecular complexity index is 754. The zero-order valence-corrected chi connectivity index (χ0v) is 13.6. The van der Waals surface area contributed by atoms with Crippen molar-refractivity contribution < 1.29 is 4.42 Å². The maximum absolute atomic E-state index is 5.51. The van der Waals surface area contributed by atoms with E-state index >= 15 is 0 Å². The van der Waals surface area contributed by atoms with Crippen LogP contribution in [0.4, 0.5) is 5.82 Å². The van der Waals surface area contributed by atoms with Gasteiger partial charge in [-0.05, 0) is 24.3 Å². The molecule has 1 aliphatic heterocycles. The molecule has 0 atom stereocenters. The number of aromatic nitrogens is 3. The van der Waals surface area contributed by atoms with Crippen LogP contribution >= 0.6 is 0 Å². The Balaban J connectivity index is 1.50. The van der Waals surface area contributed by atoms with E-state index in [1.54, 1.807) is 6.26 Å². The monoisotopic (exact) mass is 323 g/mol. The van der Waals surface area contributed by atoms with Crippen molar-refractivity contribution in [3.05, 3.63) is 66.5 Å². The highest BCUT2D eigenvalue weighted by molar-refractivity contribution is 5.47. The zero-order valence-electron chi connectivity index (χ0n) is 13.6. The smallest absolute Gasteiger partial charge is 0.133 e. The first-order valence-electron chi connectivity index (χ1n) is 8.29. The van der Waals surface area contributed by atoms with Crippen molar-refractivity contribution in [3.8, 4) is 0 Å². The Labute approximate surface area is 141 Å². The summed E-state index contributed by atoms with van der Waals surface area (Å²) in [6.45, 7) is 5.42. The fourth-order valence-corrected chi connectivity index (χ4v) is 3.16. The van der Waals surface area contributed by atoms with Gasteiger partial charge < -0.3 is 9.32 Å². The second kappa shape index (κ2) is 6.88. The minimum absolute atomic E-state index is 0.828. The third-order valence-electron chi connectivity index (χ3n) is 4.36. The van der Waals surface area contributed by atoms with Crippen LogP contribution in [0.25, 0.3) is 0 Å². The summed E-state index contributed by atoms with van der Waals surface area (Å²) in [7, 11) is 0. The molecule has 0 unspecified atom stereocenters. The molecule has 3 aromatic rings. The summed E-state index contributed by atoms with van der Waals surface area (Å²) in [4.78, 5) is 9.41. The Hall–Kier alpha value is -2.60. The molecule has 24 heavy (non-hydrogen) atoms. The Kier molecular flexibility index (Phi) is 4.29. The van der Waals surface area contributed by atoms with Crippen LogP contribution in [0.2, 0.25) is 0 Å². The molecule has 124 valence electrons. The van der Waals surface area contributed by atoms with Crippen molar-refractivity contribution in [3.63, 3.8) is 0 Å². The van der Waals surface area contributed by atoms with Gasteiger partial charge in [-0.3, -0.25) is 9.58 Å². The summed E-state index contributed by atoms with van der Waals surface area (Å²) >= 11 is 0. The normalized spacial score (nSPS) is 15.2. The summed E-state index contributed by atoms with van der Waals surface area (Å²) in [5.41, 5.74) is 1.27. The molecule has 6 heteroatoms. The molecular formula is C18H21N5O. The van der Waals surface area contributed by atoms with Crippen molar-refractivity contribution in [2.75, 3.05) is 24.5 Å². The average molecular weight is 323 g/mol. The molecule has 0 aliphatic carbocycles. The van der Waals surface area contributed by atoms with E-state index in [2.05, 4.69) is 25.9 Å². The summed E-state index contributed by atoms with van der Waals surface area (Å²) in [6.07, 6.45) is 7.43. The van der Waals surface area contributed by atoms with Crippen LogP contribution in [0.3, 0.4) is 0 Å². The van der Waals surface area contributed by atoms with Gasteiger partial charge in [-0.2, -0.15) is 5.10 Å². The lowest BCUT2D eigenvalue weighted by Crippen LogP contribution is -2.33. The lowest BCUT2D eigenvalue weighted by atomic mass is 10.2. The number of hydrogen-bond donors (Lipinski definition) is 0. The van der Waals surface area contributed by atoms with Gasteiger partial charge in [0.05, 0.1) is 19.4 Å². The number of anilines is 1. The van der Waals surface area contributed by atoms with Gasteiger partial charge in [0.2, 0.25) is 0 Å². The summed E-state index contributed by atoms with van der Waals surface area (Å²) in [6, 6.07) is 10.1. The van der Waals surface area contributed by atoms with E-state index in [0.717, 1.165) is 50.8 Å². The average Bonchev–Trinajstić information content (AvgIpc) is 3.26. The topological polar surface area (TPSA) is 50.3 Å². The van der Waals surface area contributed by atoms with E-state index in [4.69, 9.17) is 4.42 Å².